The molecule has 0 aliphatic carbocycles. The Kier molecular flexibility index (Phi) is 5.87. The van der Waals surface area contributed by atoms with Crippen molar-refractivity contribution in [3.8, 4) is 0 Å². The number of carbonyl (C=O) groups is 1. The van der Waals surface area contributed by atoms with Gasteiger partial charge >= 0.3 is 0 Å². The molecular weight excluding hydrogens is 324 g/mol. The molecule has 4 nitrogen and oxygen atoms in total. The van der Waals surface area contributed by atoms with Crippen molar-refractivity contribution in [2.75, 3.05) is 11.9 Å². The van der Waals surface area contributed by atoms with Gasteiger partial charge < -0.3 is 9.73 Å². The number of furan rings is 1. The molecule has 1 aromatic heterocycles. The van der Waals surface area contributed by atoms with Crippen LogP contribution in [0.5, 0.6) is 0 Å². The van der Waals surface area contributed by atoms with Gasteiger partial charge in [-0.15, -0.1) is 0 Å². The highest BCUT2D eigenvalue weighted by Crippen LogP contribution is 2.24. The molecule has 0 saturated heterocycles. The number of para-hydroxylation sites is 1. The highest BCUT2D eigenvalue weighted by molar-refractivity contribution is 5.93. The van der Waals surface area contributed by atoms with Crippen molar-refractivity contribution in [2.45, 2.75) is 25.8 Å². The van der Waals surface area contributed by atoms with E-state index in [1.807, 2.05) is 66.7 Å². The monoisotopic (exact) mass is 348 g/mol. The minimum Gasteiger partial charge on any atom is -0.467 e. The van der Waals surface area contributed by atoms with Gasteiger partial charge in [-0.1, -0.05) is 62.4 Å². The molecule has 0 radical (unpaired) electrons. The fourth-order valence-corrected chi connectivity index (χ4v) is 2.99. The van der Waals surface area contributed by atoms with Crippen LogP contribution in [0, 0.1) is 0 Å². The van der Waals surface area contributed by atoms with E-state index < -0.39 is 0 Å². The zero-order chi connectivity index (χ0) is 18.4. The van der Waals surface area contributed by atoms with Crippen molar-refractivity contribution >= 4 is 11.6 Å². The van der Waals surface area contributed by atoms with Crippen molar-refractivity contribution in [3.05, 3.63) is 89.9 Å². The lowest BCUT2D eigenvalue weighted by Gasteiger charge is -2.18. The predicted molar refractivity (Wildman–Crippen MR) is 104 cm³/mol. The summed E-state index contributed by atoms with van der Waals surface area (Å²) in [6.45, 7) is 4.42. The van der Waals surface area contributed by atoms with Crippen LogP contribution in [-0.2, 0) is 4.79 Å². The largest absolute Gasteiger partial charge is 0.467 e. The zero-order valence-electron chi connectivity index (χ0n) is 15.1. The van der Waals surface area contributed by atoms with Gasteiger partial charge in [-0.3, -0.25) is 10.1 Å². The minimum absolute atomic E-state index is 0.0782. The number of hydrogen-bond acceptors (Lipinski definition) is 3. The van der Waals surface area contributed by atoms with Crippen LogP contribution in [0.25, 0.3) is 0 Å². The maximum absolute atomic E-state index is 12.5. The lowest BCUT2D eigenvalue weighted by Crippen LogP contribution is -2.32. The van der Waals surface area contributed by atoms with E-state index >= 15 is 0 Å². The topological polar surface area (TPSA) is 54.3 Å². The van der Waals surface area contributed by atoms with Crippen LogP contribution in [0.2, 0.25) is 0 Å². The Morgan fingerprint density at radius 3 is 2.38 bits per heavy atom. The van der Waals surface area contributed by atoms with Gasteiger partial charge in [0.1, 0.15) is 5.76 Å². The quantitative estimate of drug-likeness (QED) is 0.649. The van der Waals surface area contributed by atoms with Gasteiger partial charge in [0.25, 0.3) is 0 Å². The van der Waals surface area contributed by atoms with E-state index in [2.05, 4.69) is 24.5 Å². The van der Waals surface area contributed by atoms with Crippen LogP contribution >= 0.6 is 0 Å². The average Bonchev–Trinajstić information content (AvgIpc) is 3.17. The van der Waals surface area contributed by atoms with Crippen molar-refractivity contribution in [3.63, 3.8) is 0 Å². The Bertz CT molecular complexity index is 826. The van der Waals surface area contributed by atoms with Gasteiger partial charge in [0, 0.05) is 5.69 Å². The van der Waals surface area contributed by atoms with Crippen LogP contribution in [-0.4, -0.2) is 12.5 Å². The summed E-state index contributed by atoms with van der Waals surface area (Å²) in [5.74, 6) is 1.05. The van der Waals surface area contributed by atoms with E-state index in [1.165, 1.54) is 0 Å². The smallest absolute Gasteiger partial charge is 0.238 e. The van der Waals surface area contributed by atoms with E-state index in [-0.39, 0.29) is 18.5 Å². The number of rotatable bonds is 7. The number of benzene rings is 2. The molecule has 26 heavy (non-hydrogen) atoms. The summed E-state index contributed by atoms with van der Waals surface area (Å²) in [5, 5.41) is 6.31. The summed E-state index contributed by atoms with van der Waals surface area (Å²) in [6.07, 6.45) is 1.64. The molecule has 134 valence electrons. The highest BCUT2D eigenvalue weighted by atomic mass is 16.3. The Labute approximate surface area is 154 Å². The SMILES string of the molecule is CC(C)c1ccccc1NC(=O)CN[C@H](c1ccccc1)c1ccco1. The number of carbonyl (C=O) groups excluding carboxylic acids is 1. The lowest BCUT2D eigenvalue weighted by atomic mass is 10.0. The Morgan fingerprint density at radius 1 is 0.962 bits per heavy atom. The van der Waals surface area contributed by atoms with Gasteiger partial charge in [0.2, 0.25) is 5.91 Å². The average molecular weight is 348 g/mol. The number of hydrogen-bond donors (Lipinski definition) is 2. The predicted octanol–water partition coefficient (Wildman–Crippen LogP) is 4.72. The van der Waals surface area contributed by atoms with E-state index in [9.17, 15) is 4.79 Å². The molecule has 4 heteroatoms. The van der Waals surface area contributed by atoms with Gasteiger partial charge in [0.15, 0.2) is 0 Å². The number of nitrogens with one attached hydrogen (secondary N) is 2. The normalized spacial score (nSPS) is 12.1. The second kappa shape index (κ2) is 8.50. The summed E-state index contributed by atoms with van der Waals surface area (Å²) < 4.78 is 5.56. The second-order valence-corrected chi connectivity index (χ2v) is 6.53. The van der Waals surface area contributed by atoms with Crippen LogP contribution in [0.1, 0.15) is 42.7 Å². The molecule has 2 N–H and O–H groups in total. The summed E-state index contributed by atoms with van der Waals surface area (Å²) in [4.78, 5) is 12.5. The summed E-state index contributed by atoms with van der Waals surface area (Å²) in [6, 6.07) is 21.5. The number of amides is 1. The molecule has 0 spiro atoms. The van der Waals surface area contributed by atoms with Crippen LogP contribution in [0.3, 0.4) is 0 Å². The highest BCUT2D eigenvalue weighted by Gasteiger charge is 2.18. The maximum Gasteiger partial charge on any atom is 0.238 e. The molecule has 0 aliphatic rings. The molecule has 1 amide bonds. The fourth-order valence-electron chi connectivity index (χ4n) is 2.99. The molecule has 1 atom stereocenters. The molecule has 3 aromatic rings. The first kappa shape index (κ1) is 18.0. The molecule has 2 aromatic carbocycles. The first-order valence-electron chi connectivity index (χ1n) is 8.85. The summed E-state index contributed by atoms with van der Waals surface area (Å²) >= 11 is 0. The van der Waals surface area contributed by atoms with Crippen LogP contribution in [0.15, 0.2) is 77.4 Å². The summed E-state index contributed by atoms with van der Waals surface area (Å²) in [7, 11) is 0. The molecule has 0 aliphatic heterocycles. The molecule has 0 fully saturated rings. The maximum atomic E-state index is 12.5. The van der Waals surface area contributed by atoms with E-state index in [0.717, 1.165) is 22.6 Å². The van der Waals surface area contributed by atoms with Crippen molar-refractivity contribution in [2.24, 2.45) is 0 Å². The third-order valence-corrected chi connectivity index (χ3v) is 4.28. The first-order chi connectivity index (χ1) is 12.6. The van der Waals surface area contributed by atoms with E-state index in [4.69, 9.17) is 4.42 Å². The molecular formula is C22H24N2O2. The van der Waals surface area contributed by atoms with Crippen molar-refractivity contribution in [1.29, 1.82) is 0 Å². The summed E-state index contributed by atoms with van der Waals surface area (Å²) in [5.41, 5.74) is 3.05. The molecule has 0 bridgehead atoms. The minimum atomic E-state index is -0.169. The van der Waals surface area contributed by atoms with Gasteiger partial charge in [-0.2, -0.15) is 0 Å². The van der Waals surface area contributed by atoms with Crippen LogP contribution < -0.4 is 10.6 Å². The van der Waals surface area contributed by atoms with Crippen molar-refractivity contribution in [1.82, 2.24) is 5.32 Å². The Balaban J connectivity index is 1.69. The van der Waals surface area contributed by atoms with E-state index in [0.29, 0.717) is 5.92 Å². The third-order valence-electron chi connectivity index (χ3n) is 4.28. The second-order valence-electron chi connectivity index (χ2n) is 6.53. The van der Waals surface area contributed by atoms with Crippen molar-refractivity contribution < 1.29 is 9.21 Å². The van der Waals surface area contributed by atoms with Gasteiger partial charge in [-0.05, 0) is 35.2 Å². The van der Waals surface area contributed by atoms with Crippen LogP contribution in [0.4, 0.5) is 5.69 Å². The molecule has 0 unspecified atom stereocenters. The Morgan fingerprint density at radius 2 is 1.69 bits per heavy atom. The van der Waals surface area contributed by atoms with Gasteiger partial charge in [-0.25, -0.2) is 0 Å². The molecule has 1 heterocycles. The first-order valence-corrected chi connectivity index (χ1v) is 8.85. The van der Waals surface area contributed by atoms with Gasteiger partial charge in [0.05, 0.1) is 18.8 Å². The standard InChI is InChI=1S/C22H24N2O2/c1-16(2)18-11-6-7-12-19(18)24-21(25)15-23-22(20-13-8-14-26-20)17-9-4-3-5-10-17/h3-14,16,22-23H,15H2,1-2H3,(H,24,25)/t22-/m1/s1. The zero-order valence-corrected chi connectivity index (χ0v) is 15.1. The molecule has 3 rings (SSSR count). The fraction of sp³-hybridized carbons (Fsp3) is 0.227. The third kappa shape index (κ3) is 4.41. The number of anilines is 1. The van der Waals surface area contributed by atoms with E-state index in [1.54, 1.807) is 6.26 Å². The molecule has 0 saturated carbocycles. The lowest BCUT2D eigenvalue weighted by molar-refractivity contribution is -0.115. The Hall–Kier alpha value is -2.85.